The number of hydrogen-bond acceptors (Lipinski definition) is 3. The molecule has 154 valence electrons. The van der Waals surface area contributed by atoms with Crippen LogP contribution >= 0.6 is 0 Å². The fourth-order valence-electron chi connectivity index (χ4n) is 5.41. The third kappa shape index (κ3) is 3.99. The van der Waals surface area contributed by atoms with E-state index in [-0.39, 0.29) is 11.5 Å². The van der Waals surface area contributed by atoms with E-state index in [0.29, 0.717) is 5.92 Å². The van der Waals surface area contributed by atoms with Gasteiger partial charge in [-0.3, -0.25) is 4.79 Å². The van der Waals surface area contributed by atoms with Gasteiger partial charge in [0.15, 0.2) is 0 Å². The molecule has 0 radical (unpaired) electrons. The van der Waals surface area contributed by atoms with Crippen molar-refractivity contribution in [2.24, 2.45) is 5.92 Å². The Kier molecular flexibility index (Phi) is 5.18. The normalized spacial score (nSPS) is 27.7. The molecule has 3 aliphatic heterocycles. The van der Waals surface area contributed by atoms with Crippen molar-refractivity contribution < 1.29 is 9.53 Å². The molecule has 5 nitrogen and oxygen atoms in total. The maximum Gasteiger partial charge on any atom is 0.253 e. The van der Waals surface area contributed by atoms with Gasteiger partial charge in [-0.1, -0.05) is 0 Å². The zero-order chi connectivity index (χ0) is 19.7. The van der Waals surface area contributed by atoms with Crippen molar-refractivity contribution in [1.82, 2.24) is 14.4 Å². The highest BCUT2D eigenvalue weighted by molar-refractivity contribution is 5.94. The molecule has 0 saturated carbocycles. The third-order valence-electron chi connectivity index (χ3n) is 6.84. The van der Waals surface area contributed by atoms with E-state index in [1.54, 1.807) is 0 Å². The Hall–Kier alpha value is -2.11. The zero-order valence-electron chi connectivity index (χ0n) is 17.1. The van der Waals surface area contributed by atoms with Crippen LogP contribution in [0.25, 0.3) is 5.69 Å². The monoisotopic (exact) mass is 393 g/mol. The first kappa shape index (κ1) is 18.9. The summed E-state index contributed by atoms with van der Waals surface area (Å²) in [6.45, 7) is 6.07. The standard InChI is InChI=1S/C24H31N3O2/c28-23(21-6-8-22(9-7-21)26-13-3-4-14-26)27-15-5-10-24(19-27)16-20(18-29-24)17-25-11-1-2-12-25/h3-4,6-9,13-14,20H,1-2,5,10-12,15-19H2. The summed E-state index contributed by atoms with van der Waals surface area (Å²) < 4.78 is 8.42. The number of likely N-dealkylation sites (tertiary alicyclic amines) is 2. The van der Waals surface area contributed by atoms with E-state index in [0.717, 1.165) is 56.8 Å². The Bertz CT molecular complexity index is 826. The molecule has 0 aliphatic carbocycles. The molecule has 5 heteroatoms. The van der Waals surface area contributed by atoms with Crippen molar-refractivity contribution >= 4 is 5.91 Å². The molecule has 0 N–H and O–H groups in total. The lowest BCUT2D eigenvalue weighted by atomic mass is 9.86. The van der Waals surface area contributed by atoms with Gasteiger partial charge >= 0.3 is 0 Å². The van der Waals surface area contributed by atoms with E-state index in [1.165, 1.54) is 25.9 Å². The summed E-state index contributed by atoms with van der Waals surface area (Å²) in [5.41, 5.74) is 1.72. The Labute approximate surface area is 173 Å². The maximum absolute atomic E-state index is 13.2. The average Bonchev–Trinajstić information content (AvgIpc) is 3.51. The minimum Gasteiger partial charge on any atom is -0.373 e. The van der Waals surface area contributed by atoms with Crippen molar-refractivity contribution in [3.8, 4) is 5.69 Å². The summed E-state index contributed by atoms with van der Waals surface area (Å²) in [5.74, 6) is 0.749. The number of hydrogen-bond donors (Lipinski definition) is 0. The summed E-state index contributed by atoms with van der Waals surface area (Å²) in [6.07, 6.45) is 9.92. The van der Waals surface area contributed by atoms with Gasteiger partial charge in [0.25, 0.3) is 5.91 Å². The van der Waals surface area contributed by atoms with Crippen LogP contribution in [-0.4, -0.2) is 65.2 Å². The lowest BCUT2D eigenvalue weighted by Gasteiger charge is -2.40. The second-order valence-corrected chi connectivity index (χ2v) is 9.04. The first-order valence-corrected chi connectivity index (χ1v) is 11.1. The quantitative estimate of drug-likeness (QED) is 0.797. The molecule has 1 spiro atoms. The highest BCUT2D eigenvalue weighted by Gasteiger charge is 2.44. The van der Waals surface area contributed by atoms with Crippen LogP contribution in [0.1, 0.15) is 42.5 Å². The van der Waals surface area contributed by atoms with E-state index < -0.39 is 0 Å². The number of rotatable bonds is 4. The summed E-state index contributed by atoms with van der Waals surface area (Å²) >= 11 is 0. The van der Waals surface area contributed by atoms with Gasteiger partial charge in [0, 0.05) is 43.3 Å². The van der Waals surface area contributed by atoms with E-state index >= 15 is 0 Å². The summed E-state index contributed by atoms with van der Waals surface area (Å²) in [7, 11) is 0. The van der Waals surface area contributed by atoms with Crippen molar-refractivity contribution in [2.75, 3.05) is 39.3 Å². The van der Waals surface area contributed by atoms with Crippen molar-refractivity contribution in [2.45, 2.75) is 37.7 Å². The minimum atomic E-state index is -0.122. The molecule has 3 saturated heterocycles. The second-order valence-electron chi connectivity index (χ2n) is 9.04. The van der Waals surface area contributed by atoms with Gasteiger partial charge in [0.05, 0.1) is 12.2 Å². The van der Waals surface area contributed by atoms with E-state index in [2.05, 4.69) is 9.47 Å². The third-order valence-corrected chi connectivity index (χ3v) is 6.84. The summed E-state index contributed by atoms with van der Waals surface area (Å²) in [5, 5.41) is 0. The molecule has 1 amide bonds. The van der Waals surface area contributed by atoms with Gasteiger partial charge in [-0.05, 0) is 87.5 Å². The Balaban J connectivity index is 1.23. The van der Waals surface area contributed by atoms with Crippen LogP contribution in [0.3, 0.4) is 0 Å². The fourth-order valence-corrected chi connectivity index (χ4v) is 5.41. The largest absolute Gasteiger partial charge is 0.373 e. The fraction of sp³-hybridized carbons (Fsp3) is 0.542. The molecule has 3 aliphatic rings. The molecule has 2 aromatic rings. The molecular formula is C24H31N3O2. The highest BCUT2D eigenvalue weighted by atomic mass is 16.5. The number of ether oxygens (including phenoxy) is 1. The van der Waals surface area contributed by atoms with Gasteiger partial charge in [-0.25, -0.2) is 0 Å². The van der Waals surface area contributed by atoms with Crippen LogP contribution in [-0.2, 0) is 4.74 Å². The SMILES string of the molecule is O=C(c1ccc(-n2cccc2)cc1)N1CCCC2(CC(CN3CCCC3)CO2)C1. The van der Waals surface area contributed by atoms with Crippen LogP contribution in [0.5, 0.6) is 0 Å². The Morgan fingerprint density at radius 3 is 2.55 bits per heavy atom. The minimum absolute atomic E-state index is 0.122. The van der Waals surface area contributed by atoms with Gasteiger partial charge in [-0.15, -0.1) is 0 Å². The topological polar surface area (TPSA) is 37.7 Å². The van der Waals surface area contributed by atoms with Crippen molar-refractivity contribution in [3.05, 3.63) is 54.4 Å². The van der Waals surface area contributed by atoms with Crippen LogP contribution < -0.4 is 0 Å². The van der Waals surface area contributed by atoms with E-state index in [4.69, 9.17) is 4.74 Å². The zero-order valence-corrected chi connectivity index (χ0v) is 17.1. The molecule has 4 heterocycles. The van der Waals surface area contributed by atoms with Gasteiger partial charge in [0.2, 0.25) is 0 Å². The maximum atomic E-state index is 13.2. The number of benzene rings is 1. The molecule has 3 fully saturated rings. The molecule has 29 heavy (non-hydrogen) atoms. The lowest BCUT2D eigenvalue weighted by Crippen LogP contribution is -2.50. The number of nitrogens with zero attached hydrogens (tertiary/aromatic N) is 3. The van der Waals surface area contributed by atoms with E-state index in [1.807, 2.05) is 53.7 Å². The number of aromatic nitrogens is 1. The molecule has 1 aromatic carbocycles. The number of piperidine rings is 1. The predicted molar refractivity (Wildman–Crippen MR) is 113 cm³/mol. The number of carbonyl (C=O) groups excluding carboxylic acids is 1. The van der Waals surface area contributed by atoms with Gasteiger partial charge < -0.3 is 19.1 Å². The van der Waals surface area contributed by atoms with Crippen molar-refractivity contribution in [1.29, 1.82) is 0 Å². The highest BCUT2D eigenvalue weighted by Crippen LogP contribution is 2.38. The molecule has 2 atom stereocenters. The van der Waals surface area contributed by atoms with Crippen molar-refractivity contribution in [3.63, 3.8) is 0 Å². The molecule has 1 aromatic heterocycles. The Morgan fingerprint density at radius 2 is 1.79 bits per heavy atom. The first-order valence-electron chi connectivity index (χ1n) is 11.1. The average molecular weight is 394 g/mol. The van der Waals surface area contributed by atoms with Crippen LogP contribution in [0.4, 0.5) is 0 Å². The van der Waals surface area contributed by atoms with Crippen LogP contribution in [0.2, 0.25) is 0 Å². The number of carbonyl (C=O) groups is 1. The molecule has 0 bridgehead atoms. The van der Waals surface area contributed by atoms with Gasteiger partial charge in [-0.2, -0.15) is 0 Å². The Morgan fingerprint density at radius 1 is 1.03 bits per heavy atom. The van der Waals surface area contributed by atoms with Gasteiger partial charge in [0.1, 0.15) is 0 Å². The summed E-state index contributed by atoms with van der Waals surface area (Å²) in [4.78, 5) is 17.8. The first-order chi connectivity index (χ1) is 14.2. The molecule has 2 unspecified atom stereocenters. The lowest BCUT2D eigenvalue weighted by molar-refractivity contribution is -0.0450. The second kappa shape index (κ2) is 7.96. The predicted octanol–water partition coefficient (Wildman–Crippen LogP) is 3.58. The van der Waals surface area contributed by atoms with Crippen LogP contribution in [0, 0.1) is 5.92 Å². The number of amides is 1. The molecular weight excluding hydrogens is 362 g/mol. The van der Waals surface area contributed by atoms with E-state index in [9.17, 15) is 4.79 Å². The van der Waals surface area contributed by atoms with Crippen LogP contribution in [0.15, 0.2) is 48.8 Å². The summed E-state index contributed by atoms with van der Waals surface area (Å²) in [6, 6.07) is 11.9. The smallest absolute Gasteiger partial charge is 0.253 e. The molecule has 5 rings (SSSR count).